The second-order valence-electron chi connectivity index (χ2n) is 4.16. The van der Waals surface area contributed by atoms with Crippen LogP contribution in [0.5, 0.6) is 11.5 Å². The summed E-state index contributed by atoms with van der Waals surface area (Å²) < 4.78 is 18.9. The van der Waals surface area contributed by atoms with Gasteiger partial charge in [-0.25, -0.2) is 4.39 Å². The number of benzene rings is 2. The Hall–Kier alpha value is -2.87. The maximum Gasteiger partial charge on any atom is 0.161 e. The van der Waals surface area contributed by atoms with Crippen molar-refractivity contribution in [3.8, 4) is 17.6 Å². The first-order valence-electron chi connectivity index (χ1n) is 5.79. The molecule has 2 rings (SSSR count). The van der Waals surface area contributed by atoms with Crippen molar-refractivity contribution >= 4 is 11.5 Å². The summed E-state index contributed by atoms with van der Waals surface area (Å²) in [6.45, 7) is 1.42. The number of ether oxygens (including phenoxy) is 1. The lowest BCUT2D eigenvalue weighted by molar-refractivity contribution is 0.101. The minimum absolute atomic E-state index is 0.0520. The van der Waals surface area contributed by atoms with Gasteiger partial charge < -0.3 is 10.5 Å². The number of halogens is 1. The van der Waals surface area contributed by atoms with Crippen LogP contribution in [-0.2, 0) is 0 Å². The lowest BCUT2D eigenvalue weighted by Gasteiger charge is -2.08. The summed E-state index contributed by atoms with van der Waals surface area (Å²) >= 11 is 0. The average Bonchev–Trinajstić information content (AvgIpc) is 2.38. The van der Waals surface area contributed by atoms with Crippen LogP contribution in [0, 0.1) is 17.1 Å². The number of carbonyl (C=O) groups is 1. The van der Waals surface area contributed by atoms with Gasteiger partial charge in [-0.15, -0.1) is 0 Å². The molecule has 0 bridgehead atoms. The van der Waals surface area contributed by atoms with Gasteiger partial charge in [0.25, 0.3) is 0 Å². The van der Waals surface area contributed by atoms with Crippen molar-refractivity contribution in [3.05, 3.63) is 53.3 Å². The summed E-state index contributed by atoms with van der Waals surface area (Å²) in [5, 5.41) is 8.64. The van der Waals surface area contributed by atoms with Gasteiger partial charge >= 0.3 is 0 Å². The van der Waals surface area contributed by atoms with E-state index in [-0.39, 0.29) is 17.1 Å². The number of Topliss-reactive ketones (excluding diaryl/α,β-unsaturated/α-hetero) is 1. The largest absolute Gasteiger partial charge is 0.457 e. The molecule has 2 aromatic rings. The number of nitrogen functional groups attached to an aromatic ring is 1. The molecule has 20 heavy (non-hydrogen) atoms. The Balaban J connectivity index is 2.27. The zero-order valence-corrected chi connectivity index (χ0v) is 10.7. The van der Waals surface area contributed by atoms with Crippen LogP contribution in [-0.4, -0.2) is 5.78 Å². The number of nitriles is 1. The van der Waals surface area contributed by atoms with Crippen LogP contribution in [0.25, 0.3) is 0 Å². The minimum atomic E-state index is -0.654. The highest BCUT2D eigenvalue weighted by atomic mass is 19.1. The highest BCUT2D eigenvalue weighted by Gasteiger charge is 2.08. The number of rotatable bonds is 3. The van der Waals surface area contributed by atoms with Crippen LogP contribution >= 0.6 is 0 Å². The molecule has 0 unspecified atom stereocenters. The topological polar surface area (TPSA) is 76.1 Å². The summed E-state index contributed by atoms with van der Waals surface area (Å²) in [5.41, 5.74) is 6.38. The standard InChI is InChI=1S/C15H11FN2O2/c1-9(19)13-5-4-12(7-15(13)18)20-11-3-2-10(8-17)14(16)6-11/h2-7H,18H2,1H3. The summed E-state index contributed by atoms with van der Waals surface area (Å²) in [5.74, 6) is -0.162. The van der Waals surface area contributed by atoms with Crippen molar-refractivity contribution in [1.29, 1.82) is 5.26 Å². The van der Waals surface area contributed by atoms with Gasteiger partial charge in [0.1, 0.15) is 23.4 Å². The van der Waals surface area contributed by atoms with E-state index in [1.807, 2.05) is 0 Å². The zero-order valence-electron chi connectivity index (χ0n) is 10.7. The zero-order chi connectivity index (χ0) is 14.7. The molecule has 100 valence electrons. The van der Waals surface area contributed by atoms with Crippen LogP contribution in [0.2, 0.25) is 0 Å². The van der Waals surface area contributed by atoms with Gasteiger partial charge in [-0.3, -0.25) is 4.79 Å². The summed E-state index contributed by atoms with van der Waals surface area (Å²) in [6.07, 6.45) is 0. The average molecular weight is 270 g/mol. The Morgan fingerprint density at radius 2 is 1.90 bits per heavy atom. The summed E-state index contributed by atoms with van der Waals surface area (Å²) in [7, 11) is 0. The molecule has 0 saturated carbocycles. The van der Waals surface area contributed by atoms with Crippen LogP contribution in [0.4, 0.5) is 10.1 Å². The SMILES string of the molecule is CC(=O)c1ccc(Oc2ccc(C#N)c(F)c2)cc1N. The van der Waals surface area contributed by atoms with Crippen LogP contribution < -0.4 is 10.5 Å². The van der Waals surface area contributed by atoms with Crippen LogP contribution in [0.15, 0.2) is 36.4 Å². The smallest absolute Gasteiger partial charge is 0.161 e. The lowest BCUT2D eigenvalue weighted by atomic mass is 10.1. The molecule has 0 radical (unpaired) electrons. The van der Waals surface area contributed by atoms with Gasteiger partial charge in [0, 0.05) is 23.4 Å². The van der Waals surface area contributed by atoms with E-state index >= 15 is 0 Å². The molecule has 0 aliphatic heterocycles. The van der Waals surface area contributed by atoms with E-state index in [1.165, 1.54) is 25.1 Å². The predicted octanol–water partition coefficient (Wildman–Crippen LogP) is 3.27. The number of hydrogen-bond donors (Lipinski definition) is 1. The third kappa shape index (κ3) is 2.75. The fraction of sp³-hybridized carbons (Fsp3) is 0.0667. The van der Waals surface area contributed by atoms with Crippen molar-refractivity contribution in [3.63, 3.8) is 0 Å². The second-order valence-corrected chi connectivity index (χ2v) is 4.16. The molecule has 0 heterocycles. The predicted molar refractivity (Wildman–Crippen MR) is 72.0 cm³/mol. The van der Waals surface area contributed by atoms with E-state index in [9.17, 15) is 9.18 Å². The molecule has 2 aromatic carbocycles. The summed E-state index contributed by atoms with van der Waals surface area (Å²) in [4.78, 5) is 11.2. The first-order chi connectivity index (χ1) is 9.51. The van der Waals surface area contributed by atoms with Gasteiger partial charge in [-0.05, 0) is 31.2 Å². The molecule has 0 atom stereocenters. The molecule has 2 N–H and O–H groups in total. The van der Waals surface area contributed by atoms with Gasteiger partial charge in [0.2, 0.25) is 0 Å². The molecule has 0 saturated heterocycles. The Morgan fingerprint density at radius 1 is 1.25 bits per heavy atom. The molecule has 4 nitrogen and oxygen atoms in total. The number of hydrogen-bond acceptors (Lipinski definition) is 4. The molecule has 0 amide bonds. The Labute approximate surface area is 115 Å². The minimum Gasteiger partial charge on any atom is -0.457 e. The highest BCUT2D eigenvalue weighted by Crippen LogP contribution is 2.26. The number of nitrogens with zero attached hydrogens (tertiary/aromatic N) is 1. The number of anilines is 1. The molecule has 0 aliphatic carbocycles. The molecule has 5 heteroatoms. The first kappa shape index (κ1) is 13.6. The maximum atomic E-state index is 13.4. The van der Waals surface area contributed by atoms with Crippen molar-refractivity contribution in [2.75, 3.05) is 5.73 Å². The van der Waals surface area contributed by atoms with Gasteiger partial charge in [-0.2, -0.15) is 5.26 Å². The Bertz CT molecular complexity index is 720. The van der Waals surface area contributed by atoms with Crippen molar-refractivity contribution in [2.24, 2.45) is 0 Å². The molecule has 0 spiro atoms. The fourth-order valence-corrected chi connectivity index (χ4v) is 1.71. The van der Waals surface area contributed by atoms with Crippen molar-refractivity contribution in [2.45, 2.75) is 6.92 Å². The van der Waals surface area contributed by atoms with Gasteiger partial charge in [0.05, 0.1) is 5.56 Å². The van der Waals surface area contributed by atoms with Crippen molar-refractivity contribution in [1.82, 2.24) is 0 Å². The number of nitrogens with two attached hydrogens (primary N) is 1. The number of carbonyl (C=O) groups excluding carboxylic acids is 1. The Morgan fingerprint density at radius 3 is 2.45 bits per heavy atom. The maximum absolute atomic E-state index is 13.4. The third-order valence-electron chi connectivity index (χ3n) is 2.70. The van der Waals surface area contributed by atoms with E-state index in [0.717, 1.165) is 6.07 Å². The van der Waals surface area contributed by atoms with E-state index in [0.29, 0.717) is 17.0 Å². The molecule has 0 aromatic heterocycles. The molecule has 0 aliphatic rings. The van der Waals surface area contributed by atoms with E-state index in [1.54, 1.807) is 18.2 Å². The fourth-order valence-electron chi connectivity index (χ4n) is 1.71. The van der Waals surface area contributed by atoms with Crippen LogP contribution in [0.1, 0.15) is 22.8 Å². The molecular weight excluding hydrogens is 259 g/mol. The highest BCUT2D eigenvalue weighted by molar-refractivity contribution is 5.99. The number of ketones is 1. The third-order valence-corrected chi connectivity index (χ3v) is 2.70. The van der Waals surface area contributed by atoms with Crippen LogP contribution in [0.3, 0.4) is 0 Å². The quantitative estimate of drug-likeness (QED) is 0.686. The second kappa shape index (κ2) is 5.41. The first-order valence-corrected chi connectivity index (χ1v) is 5.79. The molecular formula is C15H11FN2O2. The monoisotopic (exact) mass is 270 g/mol. The van der Waals surface area contributed by atoms with Crippen molar-refractivity contribution < 1.29 is 13.9 Å². The summed E-state index contributed by atoms with van der Waals surface area (Å²) in [6, 6.07) is 10.3. The van der Waals surface area contributed by atoms with E-state index < -0.39 is 5.82 Å². The Kier molecular flexibility index (Phi) is 3.67. The normalized spacial score (nSPS) is 9.85. The molecule has 0 fully saturated rings. The van der Waals surface area contributed by atoms with Gasteiger partial charge in [0.15, 0.2) is 5.78 Å². The van der Waals surface area contributed by atoms with Gasteiger partial charge in [-0.1, -0.05) is 0 Å². The van der Waals surface area contributed by atoms with E-state index in [4.69, 9.17) is 15.7 Å². The lowest BCUT2D eigenvalue weighted by Crippen LogP contribution is -1.99. The van der Waals surface area contributed by atoms with E-state index in [2.05, 4.69) is 0 Å².